The maximum atomic E-state index is 9.46. The van der Waals surface area contributed by atoms with Crippen LogP contribution in [-0.2, 0) is 29.1 Å². The van der Waals surface area contributed by atoms with E-state index in [2.05, 4.69) is 31.9 Å². The standard InChI is InChI=1S/2C3H5BrO2.Zn/c2*4-2-1-3(5)6;/h2*1-2H2,(H,5,6);/q;;+2/p-2. The maximum absolute atomic E-state index is 9.46. The third-order valence-electron chi connectivity index (χ3n) is 0.597. The third-order valence-corrected chi connectivity index (χ3v) is 1.39. The first-order chi connectivity index (χ1) is 5.54. The van der Waals surface area contributed by atoms with Crippen molar-refractivity contribution in [1.82, 2.24) is 0 Å². The van der Waals surface area contributed by atoms with Crippen LogP contribution in [0.25, 0.3) is 0 Å². The quantitative estimate of drug-likeness (QED) is 0.472. The van der Waals surface area contributed by atoms with E-state index in [9.17, 15) is 19.8 Å². The number of alkyl halides is 2. The molecule has 0 saturated carbocycles. The van der Waals surface area contributed by atoms with Crippen molar-refractivity contribution in [3.05, 3.63) is 0 Å². The average Bonchev–Trinajstić information content (AvgIpc) is 1.87. The van der Waals surface area contributed by atoms with E-state index in [1.54, 1.807) is 0 Å². The van der Waals surface area contributed by atoms with Gasteiger partial charge in [-0.1, -0.05) is 31.9 Å². The fourth-order valence-electron chi connectivity index (χ4n) is 0.154. The minimum Gasteiger partial charge on any atom is -0.550 e. The molecule has 0 aliphatic heterocycles. The van der Waals surface area contributed by atoms with E-state index in [-0.39, 0.29) is 32.3 Å². The second-order valence-electron chi connectivity index (χ2n) is 1.62. The summed E-state index contributed by atoms with van der Waals surface area (Å²) in [5, 5.41) is 19.9. The van der Waals surface area contributed by atoms with Crippen LogP contribution >= 0.6 is 31.9 Å². The molecule has 0 saturated heterocycles. The summed E-state index contributed by atoms with van der Waals surface area (Å²) >= 11 is 5.86. The van der Waals surface area contributed by atoms with Crippen molar-refractivity contribution in [1.29, 1.82) is 0 Å². The van der Waals surface area contributed by atoms with Crippen LogP contribution in [0.4, 0.5) is 0 Å². The SMILES string of the molecule is O=C([O-])CCBr.O=C([O-])CCBr.[Zn+2]. The van der Waals surface area contributed by atoms with Crippen LogP contribution in [0.2, 0.25) is 0 Å². The normalized spacial score (nSPS) is 7.54. The Morgan fingerprint density at radius 2 is 1.15 bits per heavy atom. The Morgan fingerprint density at radius 3 is 1.15 bits per heavy atom. The summed E-state index contributed by atoms with van der Waals surface area (Å²) in [7, 11) is 0. The third kappa shape index (κ3) is 32.6. The van der Waals surface area contributed by atoms with Gasteiger partial charge < -0.3 is 19.8 Å². The molecule has 7 heteroatoms. The van der Waals surface area contributed by atoms with Gasteiger partial charge in [-0.2, -0.15) is 0 Å². The minimum atomic E-state index is -1.01. The van der Waals surface area contributed by atoms with Gasteiger partial charge in [0.25, 0.3) is 0 Å². The van der Waals surface area contributed by atoms with Crippen molar-refractivity contribution in [2.24, 2.45) is 0 Å². The molecule has 0 N–H and O–H groups in total. The van der Waals surface area contributed by atoms with E-state index in [1.807, 2.05) is 0 Å². The maximum Gasteiger partial charge on any atom is 2.00 e. The van der Waals surface area contributed by atoms with Crippen molar-refractivity contribution >= 4 is 43.8 Å². The first-order valence-corrected chi connectivity index (χ1v) is 5.30. The molecule has 0 rings (SSSR count). The molecule has 0 atom stereocenters. The van der Waals surface area contributed by atoms with Gasteiger partial charge in [-0.3, -0.25) is 0 Å². The molecule has 0 aromatic rings. The molecule has 0 aromatic heterocycles. The number of halogens is 2. The number of carboxylic acid groups (broad SMARTS) is 2. The van der Waals surface area contributed by atoms with Crippen molar-refractivity contribution in [3.63, 3.8) is 0 Å². The van der Waals surface area contributed by atoms with Crippen LogP contribution in [0.3, 0.4) is 0 Å². The Kier molecular flexibility index (Phi) is 22.1. The predicted molar refractivity (Wildman–Crippen MR) is 46.8 cm³/mol. The van der Waals surface area contributed by atoms with E-state index in [0.29, 0.717) is 10.7 Å². The summed E-state index contributed by atoms with van der Waals surface area (Å²) in [6.07, 6.45) is 0.194. The molecule has 0 radical (unpaired) electrons. The molecule has 0 aromatic carbocycles. The largest absolute Gasteiger partial charge is 2.00 e. The molecule has 0 unspecified atom stereocenters. The molecule has 0 bridgehead atoms. The van der Waals surface area contributed by atoms with Crippen LogP contribution in [0, 0.1) is 0 Å². The fraction of sp³-hybridized carbons (Fsp3) is 0.667. The number of carbonyl (C=O) groups is 2. The Bertz CT molecular complexity index is 127. The topological polar surface area (TPSA) is 80.3 Å². The number of rotatable bonds is 4. The summed E-state index contributed by atoms with van der Waals surface area (Å²) in [6, 6.07) is 0. The fourth-order valence-corrected chi connectivity index (χ4v) is 0.802. The smallest absolute Gasteiger partial charge is 0.550 e. The molecule has 4 nitrogen and oxygen atoms in total. The van der Waals surface area contributed by atoms with Gasteiger partial charge in [0.2, 0.25) is 0 Å². The minimum absolute atomic E-state index is 0. The zero-order valence-corrected chi connectivity index (χ0v) is 13.1. The molecular weight excluding hydrogens is 361 g/mol. The number of aliphatic carboxylic acids is 2. The van der Waals surface area contributed by atoms with E-state index in [0.717, 1.165) is 0 Å². The Hall–Kier alpha value is 0.523. The van der Waals surface area contributed by atoms with Gasteiger partial charge >= 0.3 is 19.5 Å². The number of carbonyl (C=O) groups excluding carboxylic acids is 2. The molecule has 0 aliphatic carbocycles. The van der Waals surface area contributed by atoms with E-state index >= 15 is 0 Å². The Balaban J connectivity index is -0.000000143. The van der Waals surface area contributed by atoms with E-state index < -0.39 is 11.9 Å². The van der Waals surface area contributed by atoms with Gasteiger partial charge in [0.05, 0.1) is 0 Å². The molecule has 0 amide bonds. The van der Waals surface area contributed by atoms with Gasteiger partial charge in [0.15, 0.2) is 0 Å². The molecule has 72 valence electrons. The van der Waals surface area contributed by atoms with Crippen molar-refractivity contribution in [2.75, 3.05) is 10.7 Å². The van der Waals surface area contributed by atoms with E-state index in [4.69, 9.17) is 0 Å². The second kappa shape index (κ2) is 15.0. The number of hydrogen-bond acceptors (Lipinski definition) is 4. The Labute approximate surface area is 106 Å². The summed E-state index contributed by atoms with van der Waals surface area (Å²) in [6.45, 7) is 0. The van der Waals surface area contributed by atoms with Crippen molar-refractivity contribution < 1.29 is 39.3 Å². The van der Waals surface area contributed by atoms with Gasteiger partial charge in [0.1, 0.15) is 0 Å². The number of hydrogen-bond donors (Lipinski definition) is 0. The molecular formula is C6H8Br2O4Zn. The van der Waals surface area contributed by atoms with Crippen LogP contribution < -0.4 is 10.2 Å². The first-order valence-electron chi connectivity index (χ1n) is 3.06. The number of carboxylic acids is 2. The molecule has 0 aliphatic rings. The summed E-state index contributed by atoms with van der Waals surface area (Å²) in [5.41, 5.74) is 0. The predicted octanol–water partition coefficient (Wildman–Crippen LogP) is -0.960. The van der Waals surface area contributed by atoms with Gasteiger partial charge in [-0.25, -0.2) is 0 Å². The van der Waals surface area contributed by atoms with Crippen molar-refractivity contribution in [2.45, 2.75) is 12.8 Å². The summed E-state index contributed by atoms with van der Waals surface area (Å²) in [4.78, 5) is 18.9. The van der Waals surface area contributed by atoms with Crippen LogP contribution in [0.5, 0.6) is 0 Å². The first kappa shape index (κ1) is 19.2. The summed E-state index contributed by atoms with van der Waals surface area (Å²) in [5.74, 6) is -2.02. The zero-order valence-electron chi connectivity index (χ0n) is 6.92. The average molecular weight is 369 g/mol. The molecule has 0 heterocycles. The van der Waals surface area contributed by atoms with Crippen LogP contribution in [0.15, 0.2) is 0 Å². The molecule has 0 spiro atoms. The summed E-state index contributed by atoms with van der Waals surface area (Å²) < 4.78 is 0. The van der Waals surface area contributed by atoms with Crippen LogP contribution in [0.1, 0.15) is 12.8 Å². The zero-order chi connectivity index (χ0) is 9.98. The van der Waals surface area contributed by atoms with Gasteiger partial charge in [-0.15, -0.1) is 0 Å². The Morgan fingerprint density at radius 1 is 0.923 bits per heavy atom. The second-order valence-corrected chi connectivity index (χ2v) is 3.21. The monoisotopic (exact) mass is 366 g/mol. The van der Waals surface area contributed by atoms with Crippen LogP contribution in [-0.4, -0.2) is 22.6 Å². The van der Waals surface area contributed by atoms with Gasteiger partial charge in [0, 0.05) is 22.6 Å². The van der Waals surface area contributed by atoms with Gasteiger partial charge in [-0.05, 0) is 12.8 Å². The molecule has 13 heavy (non-hydrogen) atoms. The van der Waals surface area contributed by atoms with Crippen molar-refractivity contribution in [3.8, 4) is 0 Å². The van der Waals surface area contributed by atoms with E-state index in [1.165, 1.54) is 0 Å². The molecule has 0 fully saturated rings.